The summed E-state index contributed by atoms with van der Waals surface area (Å²) >= 11 is 6.14. The number of aryl methyl sites for hydroxylation is 2. The van der Waals surface area contributed by atoms with Gasteiger partial charge in [0.2, 0.25) is 11.9 Å². The van der Waals surface area contributed by atoms with Gasteiger partial charge in [0.05, 0.1) is 10.7 Å². The van der Waals surface area contributed by atoms with Crippen LogP contribution in [-0.2, 0) is 0 Å². The molecule has 4 aromatic rings. The number of rotatable bonds is 6. The summed E-state index contributed by atoms with van der Waals surface area (Å²) in [5.41, 5.74) is 2.11. The van der Waals surface area contributed by atoms with Crippen molar-refractivity contribution >= 4 is 46.8 Å². The van der Waals surface area contributed by atoms with Gasteiger partial charge in [-0.1, -0.05) is 47.0 Å². The fourth-order valence-corrected chi connectivity index (χ4v) is 2.93. The van der Waals surface area contributed by atoms with Crippen molar-refractivity contribution in [3.05, 3.63) is 70.8 Å². The maximum atomic E-state index is 12.5. The Morgan fingerprint density at radius 2 is 1.65 bits per heavy atom. The standard InChI is InChI=1S/C20H17ClN8O2/c1-11-7-6-10-14(21)15(11)25-16(30)17-28-29-20(31-17)27-19-23-12(2)22-18(26-19)24-13-8-4-3-5-9-13/h3-10H,1-2H3,(H,25,30)(H2,22,23,24,26,27,29). The molecule has 0 bridgehead atoms. The minimum absolute atomic E-state index is 0.0442. The van der Waals surface area contributed by atoms with Crippen LogP contribution in [0.5, 0.6) is 0 Å². The number of hydrogen-bond acceptors (Lipinski definition) is 9. The van der Waals surface area contributed by atoms with Crippen LogP contribution in [0, 0.1) is 13.8 Å². The maximum Gasteiger partial charge on any atom is 0.322 e. The van der Waals surface area contributed by atoms with E-state index in [1.165, 1.54) is 0 Å². The Balaban J connectivity index is 1.48. The first-order valence-electron chi connectivity index (χ1n) is 9.19. The van der Waals surface area contributed by atoms with Crippen LogP contribution in [0.4, 0.5) is 29.3 Å². The lowest BCUT2D eigenvalue weighted by molar-refractivity contribution is 0.0991. The van der Waals surface area contributed by atoms with Crippen molar-refractivity contribution in [3.8, 4) is 0 Å². The van der Waals surface area contributed by atoms with Crippen molar-refractivity contribution < 1.29 is 9.21 Å². The molecule has 0 unspecified atom stereocenters. The third-order valence-electron chi connectivity index (χ3n) is 4.08. The number of para-hydroxylation sites is 2. The Bertz CT molecular complexity index is 1210. The quantitative estimate of drug-likeness (QED) is 0.405. The van der Waals surface area contributed by atoms with Gasteiger partial charge in [0.15, 0.2) is 0 Å². The van der Waals surface area contributed by atoms with E-state index in [2.05, 4.69) is 41.1 Å². The van der Waals surface area contributed by atoms with E-state index in [0.29, 0.717) is 22.5 Å². The highest BCUT2D eigenvalue weighted by atomic mass is 35.5. The molecular weight excluding hydrogens is 420 g/mol. The number of carbonyl (C=O) groups excluding carboxylic acids is 1. The van der Waals surface area contributed by atoms with Gasteiger partial charge in [-0.2, -0.15) is 15.0 Å². The van der Waals surface area contributed by atoms with Crippen molar-refractivity contribution in [2.45, 2.75) is 13.8 Å². The third-order valence-corrected chi connectivity index (χ3v) is 4.39. The molecule has 156 valence electrons. The molecule has 11 heteroatoms. The van der Waals surface area contributed by atoms with E-state index < -0.39 is 5.91 Å². The van der Waals surface area contributed by atoms with Crippen LogP contribution in [0.25, 0.3) is 0 Å². The zero-order chi connectivity index (χ0) is 21.8. The van der Waals surface area contributed by atoms with Gasteiger partial charge in [-0.25, -0.2) is 0 Å². The number of hydrogen-bond donors (Lipinski definition) is 3. The van der Waals surface area contributed by atoms with E-state index in [4.69, 9.17) is 16.0 Å². The number of nitrogens with zero attached hydrogens (tertiary/aromatic N) is 5. The van der Waals surface area contributed by atoms with Gasteiger partial charge < -0.3 is 15.1 Å². The van der Waals surface area contributed by atoms with Gasteiger partial charge in [-0.15, -0.1) is 5.10 Å². The highest BCUT2D eigenvalue weighted by Crippen LogP contribution is 2.26. The van der Waals surface area contributed by atoms with Crippen LogP contribution in [-0.4, -0.2) is 31.1 Å². The van der Waals surface area contributed by atoms with Crippen LogP contribution in [0.2, 0.25) is 5.02 Å². The minimum atomic E-state index is -0.588. The first kappa shape index (κ1) is 20.2. The zero-order valence-electron chi connectivity index (χ0n) is 16.5. The van der Waals surface area contributed by atoms with Crippen LogP contribution in [0.3, 0.4) is 0 Å². The van der Waals surface area contributed by atoms with E-state index in [0.717, 1.165) is 11.3 Å². The highest BCUT2D eigenvalue weighted by molar-refractivity contribution is 6.34. The molecule has 10 nitrogen and oxygen atoms in total. The summed E-state index contributed by atoms with van der Waals surface area (Å²) in [6, 6.07) is 14.7. The maximum absolute atomic E-state index is 12.5. The van der Waals surface area contributed by atoms with Gasteiger partial charge in [-0.3, -0.25) is 10.1 Å². The second-order valence-electron chi connectivity index (χ2n) is 6.44. The Morgan fingerprint density at radius 1 is 0.903 bits per heavy atom. The lowest BCUT2D eigenvalue weighted by Crippen LogP contribution is -2.13. The number of aromatic nitrogens is 5. The SMILES string of the molecule is Cc1nc(Nc2ccccc2)nc(Nc2nnc(C(=O)Nc3c(C)cccc3Cl)o2)n1. The highest BCUT2D eigenvalue weighted by Gasteiger charge is 2.18. The summed E-state index contributed by atoms with van der Waals surface area (Å²) in [6.45, 7) is 3.55. The van der Waals surface area contributed by atoms with Crippen molar-refractivity contribution in [1.82, 2.24) is 25.1 Å². The number of halogens is 1. The summed E-state index contributed by atoms with van der Waals surface area (Å²) < 4.78 is 5.39. The Morgan fingerprint density at radius 3 is 2.39 bits per heavy atom. The van der Waals surface area contributed by atoms with E-state index in [9.17, 15) is 4.79 Å². The van der Waals surface area contributed by atoms with E-state index >= 15 is 0 Å². The summed E-state index contributed by atoms with van der Waals surface area (Å²) in [6.07, 6.45) is 0. The Hall–Kier alpha value is -4.05. The molecule has 0 radical (unpaired) electrons. The van der Waals surface area contributed by atoms with Gasteiger partial charge in [0, 0.05) is 5.69 Å². The minimum Gasteiger partial charge on any atom is -0.399 e. The molecule has 2 heterocycles. The molecule has 0 aliphatic carbocycles. The zero-order valence-corrected chi connectivity index (χ0v) is 17.3. The van der Waals surface area contributed by atoms with Crippen molar-refractivity contribution in [1.29, 1.82) is 0 Å². The first-order chi connectivity index (χ1) is 15.0. The van der Waals surface area contributed by atoms with E-state index in [1.54, 1.807) is 19.1 Å². The predicted octanol–water partition coefficient (Wildman–Crippen LogP) is 4.26. The molecule has 0 spiro atoms. The molecule has 0 saturated carbocycles. The predicted molar refractivity (Wildman–Crippen MR) is 116 cm³/mol. The lowest BCUT2D eigenvalue weighted by Gasteiger charge is -2.08. The third kappa shape index (κ3) is 4.93. The second kappa shape index (κ2) is 8.76. The average Bonchev–Trinajstić information content (AvgIpc) is 3.19. The molecule has 0 fully saturated rings. The number of nitrogens with one attached hydrogen (secondary N) is 3. The van der Waals surface area contributed by atoms with Crippen molar-refractivity contribution in [2.24, 2.45) is 0 Å². The number of amides is 1. The van der Waals surface area contributed by atoms with Crippen LogP contribution < -0.4 is 16.0 Å². The van der Waals surface area contributed by atoms with E-state index in [-0.39, 0.29) is 17.9 Å². The summed E-state index contributed by atoms with van der Waals surface area (Å²) in [4.78, 5) is 25.2. The number of benzene rings is 2. The van der Waals surface area contributed by atoms with Crippen molar-refractivity contribution in [3.63, 3.8) is 0 Å². The van der Waals surface area contributed by atoms with E-state index in [1.807, 2.05) is 43.3 Å². The molecule has 0 aliphatic heterocycles. The van der Waals surface area contributed by atoms with Crippen LogP contribution in [0.15, 0.2) is 52.9 Å². The molecule has 2 aromatic heterocycles. The molecule has 3 N–H and O–H groups in total. The molecule has 0 saturated heterocycles. The molecule has 2 aromatic carbocycles. The normalized spacial score (nSPS) is 10.5. The largest absolute Gasteiger partial charge is 0.399 e. The Kier molecular flexibility index (Phi) is 5.72. The summed E-state index contributed by atoms with van der Waals surface area (Å²) in [5.74, 6) is 0.171. The molecule has 31 heavy (non-hydrogen) atoms. The van der Waals surface area contributed by atoms with Crippen molar-refractivity contribution in [2.75, 3.05) is 16.0 Å². The molecule has 0 atom stereocenters. The van der Waals surface area contributed by atoms with Gasteiger partial charge in [-0.05, 0) is 37.6 Å². The lowest BCUT2D eigenvalue weighted by atomic mass is 10.2. The molecular formula is C20H17ClN8O2. The Labute approximate surface area is 182 Å². The fourth-order valence-electron chi connectivity index (χ4n) is 2.66. The average molecular weight is 437 g/mol. The number of anilines is 5. The molecule has 1 amide bonds. The first-order valence-corrected chi connectivity index (χ1v) is 9.57. The summed E-state index contributed by atoms with van der Waals surface area (Å²) in [5, 5.41) is 16.5. The molecule has 0 aliphatic rings. The number of carbonyl (C=O) groups is 1. The van der Waals surface area contributed by atoms with Crippen LogP contribution in [0.1, 0.15) is 22.1 Å². The smallest absolute Gasteiger partial charge is 0.322 e. The summed E-state index contributed by atoms with van der Waals surface area (Å²) in [7, 11) is 0. The second-order valence-corrected chi connectivity index (χ2v) is 6.85. The van der Waals surface area contributed by atoms with Gasteiger partial charge >= 0.3 is 17.8 Å². The molecule has 4 rings (SSSR count). The van der Waals surface area contributed by atoms with Gasteiger partial charge in [0.1, 0.15) is 5.82 Å². The fraction of sp³-hybridized carbons (Fsp3) is 0.100. The monoisotopic (exact) mass is 436 g/mol. The van der Waals surface area contributed by atoms with Gasteiger partial charge in [0.25, 0.3) is 0 Å². The topological polar surface area (TPSA) is 131 Å². The van der Waals surface area contributed by atoms with Crippen LogP contribution >= 0.6 is 11.6 Å².